The second-order valence-corrected chi connectivity index (χ2v) is 14.0. The number of methoxy groups -OCH3 is 1. The van der Waals surface area contributed by atoms with Crippen LogP contribution < -0.4 is 0 Å². The van der Waals surface area contributed by atoms with Crippen LogP contribution in [0.5, 0.6) is 0 Å². The largest absolute Gasteiger partial charge is 0.468 e. The summed E-state index contributed by atoms with van der Waals surface area (Å²) in [6.45, 7) is 16.9. The summed E-state index contributed by atoms with van der Waals surface area (Å²) in [5.41, 5.74) is 3.47. The Kier molecular flexibility index (Phi) is 12.4. The molecule has 2 aliphatic heterocycles. The molecule has 0 aliphatic carbocycles. The van der Waals surface area contributed by atoms with E-state index in [1.807, 2.05) is 57.7 Å². The van der Waals surface area contributed by atoms with Crippen LogP contribution in [0.3, 0.4) is 0 Å². The van der Waals surface area contributed by atoms with Crippen molar-refractivity contribution in [1.82, 2.24) is 14.1 Å². The highest BCUT2D eigenvalue weighted by Gasteiger charge is 2.29. The first-order valence-corrected chi connectivity index (χ1v) is 17.0. The fourth-order valence-electron chi connectivity index (χ4n) is 5.49. The molecule has 0 atom stereocenters. The molecule has 0 radical (unpaired) electrons. The van der Waals surface area contributed by atoms with E-state index < -0.39 is 21.6 Å². The highest BCUT2D eigenvalue weighted by atomic mass is 32.2. The van der Waals surface area contributed by atoms with Crippen LogP contribution in [-0.2, 0) is 37.3 Å². The van der Waals surface area contributed by atoms with Crippen molar-refractivity contribution < 1.29 is 27.5 Å². The van der Waals surface area contributed by atoms with Crippen LogP contribution in [0.4, 0.5) is 4.79 Å². The van der Waals surface area contributed by atoms with E-state index >= 15 is 0 Å². The van der Waals surface area contributed by atoms with E-state index in [9.17, 15) is 18.0 Å². The zero-order valence-electron chi connectivity index (χ0n) is 27.2. The van der Waals surface area contributed by atoms with Crippen LogP contribution >= 0.6 is 0 Å². The van der Waals surface area contributed by atoms with Gasteiger partial charge in [-0.1, -0.05) is 56.8 Å². The van der Waals surface area contributed by atoms with E-state index in [1.165, 1.54) is 19.2 Å². The monoisotopic (exact) mass is 627 g/mol. The molecule has 9 nitrogen and oxygen atoms in total. The van der Waals surface area contributed by atoms with Gasteiger partial charge in [-0.3, -0.25) is 4.79 Å². The molecule has 2 heterocycles. The lowest BCUT2D eigenvalue weighted by molar-refractivity contribution is -0.140. The second-order valence-electron chi connectivity index (χ2n) is 12.0. The number of fused-ring (bicyclic) bond motifs is 1. The molecular weight excluding hydrogens is 578 g/mol. The Labute approximate surface area is 263 Å². The van der Waals surface area contributed by atoms with Gasteiger partial charge in [0.15, 0.2) is 0 Å². The molecule has 0 N–H and O–H groups in total. The minimum Gasteiger partial charge on any atom is -0.468 e. The number of amides is 1. The van der Waals surface area contributed by atoms with Gasteiger partial charge >= 0.3 is 12.1 Å². The van der Waals surface area contributed by atoms with Gasteiger partial charge < -0.3 is 19.3 Å². The molecule has 2 aromatic carbocycles. The first-order chi connectivity index (χ1) is 20.9. The summed E-state index contributed by atoms with van der Waals surface area (Å²) in [5.74, 6) is -0.0698. The first kappa shape index (κ1) is 35.1. The summed E-state index contributed by atoms with van der Waals surface area (Å²) in [7, 11) is -2.65. The quantitative estimate of drug-likeness (QED) is 0.318. The normalized spacial score (nSPS) is 15.8. The highest BCUT2D eigenvalue weighted by molar-refractivity contribution is 7.89. The molecule has 2 aliphatic rings. The zero-order valence-corrected chi connectivity index (χ0v) is 28.0. The van der Waals surface area contributed by atoms with E-state index in [1.54, 1.807) is 18.2 Å². The Morgan fingerprint density at radius 2 is 1.68 bits per heavy atom. The molecule has 44 heavy (non-hydrogen) atoms. The maximum absolute atomic E-state index is 13.4. The number of sulfonamides is 1. The number of likely N-dealkylation sites (tertiary alicyclic amines) is 1. The van der Waals surface area contributed by atoms with Gasteiger partial charge in [-0.2, -0.15) is 4.31 Å². The maximum Gasteiger partial charge on any atom is 0.410 e. The summed E-state index contributed by atoms with van der Waals surface area (Å²) in [6, 6.07) is 14.0. The van der Waals surface area contributed by atoms with Crippen molar-refractivity contribution in [1.29, 1.82) is 0 Å². The van der Waals surface area contributed by atoms with Crippen molar-refractivity contribution in [3.63, 3.8) is 0 Å². The number of nitrogens with zero attached hydrogens (tertiary/aromatic N) is 3. The molecule has 1 fully saturated rings. The Morgan fingerprint density at radius 1 is 1.02 bits per heavy atom. The Hall–Kier alpha value is -3.37. The SMILES string of the molecule is C=C1c2ccc(CN(CC(=O)OC)S(=O)(=O)c3ccccc3)cc2CCN1CCC1CCN(C(=O)OC(C)(C)C)CC1.CC. The van der Waals surface area contributed by atoms with E-state index in [2.05, 4.69) is 11.5 Å². The van der Waals surface area contributed by atoms with Crippen LogP contribution in [0.1, 0.15) is 70.6 Å². The lowest BCUT2D eigenvalue weighted by Crippen LogP contribution is -2.42. The van der Waals surface area contributed by atoms with E-state index in [0.29, 0.717) is 5.92 Å². The number of ether oxygens (including phenoxy) is 2. The molecule has 1 saturated heterocycles. The predicted molar refractivity (Wildman–Crippen MR) is 173 cm³/mol. The van der Waals surface area contributed by atoms with Gasteiger partial charge in [0.2, 0.25) is 10.0 Å². The van der Waals surface area contributed by atoms with Crippen molar-refractivity contribution in [2.45, 2.75) is 77.3 Å². The number of hydrogen-bond donors (Lipinski definition) is 0. The number of benzene rings is 2. The molecule has 1 amide bonds. The van der Waals surface area contributed by atoms with Crippen molar-refractivity contribution in [3.05, 3.63) is 71.8 Å². The van der Waals surface area contributed by atoms with Crippen LogP contribution in [-0.4, -0.2) is 80.0 Å². The van der Waals surface area contributed by atoms with Crippen molar-refractivity contribution in [2.75, 3.05) is 39.8 Å². The Morgan fingerprint density at radius 3 is 2.30 bits per heavy atom. The van der Waals surface area contributed by atoms with Crippen molar-refractivity contribution >= 4 is 27.8 Å². The number of rotatable bonds is 9. The third kappa shape index (κ3) is 9.32. The van der Waals surface area contributed by atoms with Gasteiger partial charge in [0.05, 0.1) is 12.0 Å². The topological polar surface area (TPSA) is 96.5 Å². The molecule has 0 saturated carbocycles. The minimum absolute atomic E-state index is 0.0534. The zero-order chi connectivity index (χ0) is 32.5. The van der Waals surface area contributed by atoms with Crippen LogP contribution in [0.25, 0.3) is 5.70 Å². The average Bonchev–Trinajstić information content (AvgIpc) is 3.01. The van der Waals surface area contributed by atoms with E-state index in [0.717, 1.165) is 78.6 Å². The van der Waals surface area contributed by atoms with Crippen LogP contribution in [0.15, 0.2) is 60.0 Å². The van der Waals surface area contributed by atoms with Gasteiger partial charge in [-0.05, 0) is 75.6 Å². The summed E-state index contributed by atoms with van der Waals surface area (Å²) < 4.78 is 38.2. The summed E-state index contributed by atoms with van der Waals surface area (Å²) in [5, 5.41) is 0. The molecule has 0 unspecified atom stereocenters. The number of carbonyl (C=O) groups excluding carboxylic acids is 2. The lowest BCUT2D eigenvalue weighted by Gasteiger charge is -2.36. The molecular formula is C34H49N3O6S. The molecule has 0 bridgehead atoms. The Bertz CT molecular complexity index is 1380. The van der Waals surface area contributed by atoms with Gasteiger partial charge in [0, 0.05) is 44.0 Å². The standard InChI is InChI=1S/C32H43N3O6S.C2H6/c1-24-29-12-11-26(22-35(23-30(36)40-5)42(38,39)28-9-7-6-8-10-28)21-27(29)16-20-33(24)17-13-25-14-18-34(19-15-25)31(37)41-32(2,3)4;1-2/h6-12,21,25H,1,13-20,22-23H2,2-5H3;1-2H3. The summed E-state index contributed by atoms with van der Waals surface area (Å²) >= 11 is 0. The fourth-order valence-corrected chi connectivity index (χ4v) is 6.88. The first-order valence-electron chi connectivity index (χ1n) is 15.5. The molecule has 0 aromatic heterocycles. The highest BCUT2D eigenvalue weighted by Crippen LogP contribution is 2.31. The maximum atomic E-state index is 13.4. The molecule has 2 aromatic rings. The number of hydrogen-bond acceptors (Lipinski definition) is 7. The number of piperidine rings is 1. The molecule has 0 spiro atoms. The van der Waals surface area contributed by atoms with Crippen molar-refractivity contribution in [3.8, 4) is 0 Å². The van der Waals surface area contributed by atoms with Gasteiger partial charge in [0.1, 0.15) is 12.1 Å². The molecule has 10 heteroatoms. The summed E-state index contributed by atoms with van der Waals surface area (Å²) in [6.07, 6.45) is 3.56. The van der Waals surface area contributed by atoms with Crippen LogP contribution in [0, 0.1) is 5.92 Å². The third-order valence-electron chi connectivity index (χ3n) is 7.86. The second kappa shape index (κ2) is 15.6. The average molecular weight is 628 g/mol. The van der Waals surface area contributed by atoms with Gasteiger partial charge in [-0.25, -0.2) is 13.2 Å². The van der Waals surface area contributed by atoms with E-state index in [4.69, 9.17) is 9.47 Å². The lowest BCUT2D eigenvalue weighted by atomic mass is 9.91. The van der Waals surface area contributed by atoms with Gasteiger partial charge in [-0.15, -0.1) is 0 Å². The number of esters is 1. The third-order valence-corrected chi connectivity index (χ3v) is 9.67. The fraction of sp³-hybridized carbons (Fsp3) is 0.529. The van der Waals surface area contributed by atoms with Crippen molar-refractivity contribution in [2.24, 2.45) is 5.92 Å². The van der Waals surface area contributed by atoms with Gasteiger partial charge in [0.25, 0.3) is 0 Å². The van der Waals surface area contributed by atoms with Crippen LogP contribution in [0.2, 0.25) is 0 Å². The predicted octanol–water partition coefficient (Wildman–Crippen LogP) is 5.94. The molecule has 4 rings (SSSR count). The smallest absolute Gasteiger partial charge is 0.410 e. The molecule has 242 valence electrons. The Balaban J connectivity index is 0.00000259. The summed E-state index contributed by atoms with van der Waals surface area (Å²) in [4.78, 5) is 28.7. The number of carbonyl (C=O) groups is 2. The minimum atomic E-state index is -3.90. The van der Waals surface area contributed by atoms with E-state index in [-0.39, 0.29) is 24.1 Å².